The van der Waals surface area contributed by atoms with Crippen molar-refractivity contribution in [2.75, 3.05) is 20.3 Å². The van der Waals surface area contributed by atoms with E-state index in [1.807, 2.05) is 12.1 Å². The van der Waals surface area contributed by atoms with E-state index < -0.39 is 0 Å². The van der Waals surface area contributed by atoms with Crippen LogP contribution in [0.2, 0.25) is 0 Å². The van der Waals surface area contributed by atoms with Gasteiger partial charge in [-0.1, -0.05) is 26.2 Å². The van der Waals surface area contributed by atoms with Crippen LogP contribution in [-0.2, 0) is 13.0 Å². The molecule has 1 aliphatic heterocycles. The maximum atomic E-state index is 5.89. The van der Waals surface area contributed by atoms with E-state index in [9.17, 15) is 0 Å². The number of nitrogens with one attached hydrogen (secondary N) is 2. The van der Waals surface area contributed by atoms with Crippen LogP contribution in [0.5, 0.6) is 11.5 Å². The highest BCUT2D eigenvalue weighted by Crippen LogP contribution is 2.34. The number of aromatic amines is 1. The maximum Gasteiger partial charge on any atom is 0.161 e. The standard InChI is InChI=1S/C19H27N3O2/c1-3-4-5-6-11-24-17-8-7-14(12-18(17)23-2)19-15-13-20-10-9-16(15)21-22-19/h7-8,12,20H,3-6,9-11,13H2,1-2H3,(H,21,22). The fourth-order valence-electron chi connectivity index (χ4n) is 3.11. The molecule has 2 aromatic rings. The van der Waals surface area contributed by atoms with Gasteiger partial charge in [0, 0.05) is 36.3 Å². The van der Waals surface area contributed by atoms with Gasteiger partial charge in [-0.15, -0.1) is 0 Å². The van der Waals surface area contributed by atoms with Crippen LogP contribution in [0.3, 0.4) is 0 Å². The normalized spacial score (nSPS) is 13.6. The first-order chi connectivity index (χ1) is 11.8. The molecule has 0 amide bonds. The van der Waals surface area contributed by atoms with Gasteiger partial charge in [-0.25, -0.2) is 0 Å². The number of unbranched alkanes of at least 4 members (excludes halogenated alkanes) is 3. The van der Waals surface area contributed by atoms with E-state index in [2.05, 4.69) is 28.5 Å². The number of ether oxygens (including phenoxy) is 2. The molecule has 1 aromatic carbocycles. The molecule has 2 N–H and O–H groups in total. The number of aromatic nitrogens is 2. The molecule has 5 heteroatoms. The molecule has 0 bridgehead atoms. The van der Waals surface area contributed by atoms with Gasteiger partial charge < -0.3 is 14.8 Å². The highest BCUT2D eigenvalue weighted by Gasteiger charge is 2.18. The first kappa shape index (κ1) is 16.8. The summed E-state index contributed by atoms with van der Waals surface area (Å²) in [5, 5.41) is 11.1. The van der Waals surface area contributed by atoms with Crippen molar-refractivity contribution < 1.29 is 9.47 Å². The Balaban J connectivity index is 1.73. The number of benzene rings is 1. The van der Waals surface area contributed by atoms with Crippen molar-refractivity contribution in [3.05, 3.63) is 29.5 Å². The first-order valence-corrected chi connectivity index (χ1v) is 8.91. The summed E-state index contributed by atoms with van der Waals surface area (Å²) in [4.78, 5) is 0. The Morgan fingerprint density at radius 1 is 1.17 bits per heavy atom. The van der Waals surface area contributed by atoms with Crippen LogP contribution in [0.1, 0.15) is 43.9 Å². The summed E-state index contributed by atoms with van der Waals surface area (Å²) < 4.78 is 11.4. The number of hydrogen-bond acceptors (Lipinski definition) is 4. The highest BCUT2D eigenvalue weighted by atomic mass is 16.5. The fourth-order valence-corrected chi connectivity index (χ4v) is 3.11. The summed E-state index contributed by atoms with van der Waals surface area (Å²) in [5.41, 5.74) is 4.56. The fraction of sp³-hybridized carbons (Fsp3) is 0.526. The van der Waals surface area contributed by atoms with E-state index in [0.717, 1.165) is 55.3 Å². The molecule has 0 aliphatic carbocycles. The predicted octanol–water partition coefficient (Wildman–Crippen LogP) is 3.69. The van der Waals surface area contributed by atoms with E-state index in [1.165, 1.54) is 30.5 Å². The van der Waals surface area contributed by atoms with Crippen molar-refractivity contribution in [3.8, 4) is 22.8 Å². The Kier molecular flexibility index (Phi) is 5.75. The van der Waals surface area contributed by atoms with Gasteiger partial charge in [0.1, 0.15) is 0 Å². The predicted molar refractivity (Wildman–Crippen MR) is 95.6 cm³/mol. The minimum absolute atomic E-state index is 0.734. The van der Waals surface area contributed by atoms with Crippen LogP contribution in [0.4, 0.5) is 0 Å². The van der Waals surface area contributed by atoms with Crippen LogP contribution >= 0.6 is 0 Å². The topological polar surface area (TPSA) is 59.2 Å². The molecule has 1 aromatic heterocycles. The Bertz CT molecular complexity index is 667. The zero-order valence-electron chi connectivity index (χ0n) is 14.7. The van der Waals surface area contributed by atoms with E-state index in [0.29, 0.717) is 0 Å². The number of hydrogen-bond donors (Lipinski definition) is 2. The molecule has 0 spiro atoms. The molecule has 1 aliphatic rings. The first-order valence-electron chi connectivity index (χ1n) is 8.91. The molecule has 0 atom stereocenters. The third-order valence-electron chi connectivity index (χ3n) is 4.50. The van der Waals surface area contributed by atoms with Gasteiger partial charge in [0.05, 0.1) is 19.4 Å². The van der Waals surface area contributed by atoms with Gasteiger partial charge in [0.25, 0.3) is 0 Å². The van der Waals surface area contributed by atoms with E-state index in [4.69, 9.17) is 9.47 Å². The maximum absolute atomic E-state index is 5.89. The van der Waals surface area contributed by atoms with Crippen molar-refractivity contribution in [2.45, 2.75) is 45.6 Å². The Morgan fingerprint density at radius 3 is 2.92 bits per heavy atom. The zero-order chi connectivity index (χ0) is 16.8. The zero-order valence-corrected chi connectivity index (χ0v) is 14.7. The SMILES string of the molecule is CCCCCCOc1ccc(-c2n[nH]c3c2CNCC3)cc1OC. The molecular weight excluding hydrogens is 302 g/mol. The largest absolute Gasteiger partial charge is 0.493 e. The van der Waals surface area contributed by atoms with Gasteiger partial charge >= 0.3 is 0 Å². The van der Waals surface area contributed by atoms with Crippen LogP contribution in [0.15, 0.2) is 18.2 Å². The molecule has 0 unspecified atom stereocenters. The lowest BCUT2D eigenvalue weighted by Gasteiger charge is -2.14. The van der Waals surface area contributed by atoms with Crippen molar-refractivity contribution >= 4 is 0 Å². The second-order valence-electron chi connectivity index (χ2n) is 6.23. The Labute approximate surface area is 143 Å². The van der Waals surface area contributed by atoms with Gasteiger partial charge in [-0.3, -0.25) is 5.10 Å². The van der Waals surface area contributed by atoms with Crippen molar-refractivity contribution in [1.29, 1.82) is 0 Å². The van der Waals surface area contributed by atoms with Crippen LogP contribution in [0, 0.1) is 0 Å². The summed E-state index contributed by atoms with van der Waals surface area (Å²) in [6, 6.07) is 6.08. The van der Waals surface area contributed by atoms with E-state index in [1.54, 1.807) is 7.11 Å². The molecule has 0 radical (unpaired) electrons. The van der Waals surface area contributed by atoms with Crippen molar-refractivity contribution in [2.24, 2.45) is 0 Å². The van der Waals surface area contributed by atoms with Gasteiger partial charge in [-0.05, 0) is 24.6 Å². The molecule has 5 nitrogen and oxygen atoms in total. The quantitative estimate of drug-likeness (QED) is 0.725. The van der Waals surface area contributed by atoms with Crippen LogP contribution in [-0.4, -0.2) is 30.5 Å². The lowest BCUT2D eigenvalue weighted by molar-refractivity contribution is 0.285. The third-order valence-corrected chi connectivity index (χ3v) is 4.50. The number of nitrogens with zero attached hydrogens (tertiary/aromatic N) is 1. The molecule has 3 rings (SSSR count). The van der Waals surface area contributed by atoms with E-state index >= 15 is 0 Å². The van der Waals surface area contributed by atoms with Crippen LogP contribution < -0.4 is 14.8 Å². The lowest BCUT2D eigenvalue weighted by atomic mass is 10.0. The van der Waals surface area contributed by atoms with E-state index in [-0.39, 0.29) is 0 Å². The average Bonchev–Trinajstić information content (AvgIpc) is 3.06. The Hall–Kier alpha value is -2.01. The van der Waals surface area contributed by atoms with Crippen molar-refractivity contribution in [1.82, 2.24) is 15.5 Å². The van der Waals surface area contributed by atoms with Gasteiger partial charge in [0.2, 0.25) is 0 Å². The minimum Gasteiger partial charge on any atom is -0.493 e. The minimum atomic E-state index is 0.734. The molecule has 130 valence electrons. The molecule has 2 heterocycles. The third kappa shape index (κ3) is 3.73. The summed E-state index contributed by atoms with van der Waals surface area (Å²) in [7, 11) is 1.69. The molecule has 0 saturated carbocycles. The Morgan fingerprint density at radius 2 is 2.08 bits per heavy atom. The lowest BCUT2D eigenvalue weighted by Crippen LogP contribution is -2.23. The van der Waals surface area contributed by atoms with Gasteiger partial charge in [-0.2, -0.15) is 5.10 Å². The summed E-state index contributed by atoms with van der Waals surface area (Å²) >= 11 is 0. The molecule has 0 fully saturated rings. The number of fused-ring (bicyclic) bond motifs is 1. The van der Waals surface area contributed by atoms with Crippen LogP contribution in [0.25, 0.3) is 11.3 Å². The van der Waals surface area contributed by atoms with Gasteiger partial charge in [0.15, 0.2) is 11.5 Å². The smallest absolute Gasteiger partial charge is 0.161 e. The number of rotatable bonds is 8. The molecule has 0 saturated heterocycles. The summed E-state index contributed by atoms with van der Waals surface area (Å²) in [6.45, 7) is 4.81. The molecule has 24 heavy (non-hydrogen) atoms. The van der Waals surface area contributed by atoms with Crippen molar-refractivity contribution in [3.63, 3.8) is 0 Å². The highest BCUT2D eigenvalue weighted by molar-refractivity contribution is 5.67. The number of H-pyrrole nitrogens is 1. The second kappa shape index (κ2) is 8.20. The average molecular weight is 329 g/mol. The second-order valence-corrected chi connectivity index (χ2v) is 6.23. The summed E-state index contributed by atoms with van der Waals surface area (Å²) in [5.74, 6) is 1.57. The monoisotopic (exact) mass is 329 g/mol. The number of methoxy groups -OCH3 is 1. The molecular formula is C19H27N3O2. The summed E-state index contributed by atoms with van der Waals surface area (Å²) in [6.07, 6.45) is 5.79.